The molecule has 1 aromatic rings. The first-order chi connectivity index (χ1) is 8.75. The third-order valence-electron chi connectivity index (χ3n) is 2.05. The number of hydrogen-bond donors (Lipinski definition) is 0. The topological polar surface area (TPSA) is 38.7 Å². The van der Waals surface area contributed by atoms with Crippen molar-refractivity contribution in [2.24, 2.45) is 4.99 Å². The van der Waals surface area contributed by atoms with Gasteiger partial charge in [0.1, 0.15) is 5.71 Å². The first-order valence-corrected chi connectivity index (χ1v) is 5.70. The molecule has 1 rings (SSSR count). The Morgan fingerprint density at radius 3 is 2.32 bits per heavy atom. The third kappa shape index (κ3) is 4.29. The Kier molecular flexibility index (Phi) is 5.03. The molecular weight excluding hydrogens is 299 g/mol. The molecular formula is C12H9Cl2F2NO2. The second-order valence-corrected chi connectivity index (χ2v) is 4.32. The summed E-state index contributed by atoms with van der Waals surface area (Å²) in [5.41, 5.74) is -1.43. The highest BCUT2D eigenvalue weighted by Crippen LogP contribution is 2.28. The van der Waals surface area contributed by atoms with Crippen molar-refractivity contribution in [1.82, 2.24) is 0 Å². The number of nitrogens with zero attached hydrogens (tertiary/aromatic N) is 1. The number of carbonyl (C=O) groups is 1. The van der Waals surface area contributed by atoms with Crippen LogP contribution in [0.2, 0.25) is 5.02 Å². The molecule has 0 saturated heterocycles. The number of hydrogen-bond acceptors (Lipinski definition) is 3. The summed E-state index contributed by atoms with van der Waals surface area (Å²) < 4.78 is 30.8. The van der Waals surface area contributed by atoms with Crippen LogP contribution in [-0.4, -0.2) is 24.2 Å². The minimum absolute atomic E-state index is 0.157. The highest BCUT2D eigenvalue weighted by molar-refractivity contribution is 6.40. The van der Waals surface area contributed by atoms with E-state index in [-0.39, 0.29) is 5.69 Å². The molecule has 0 aliphatic rings. The molecule has 0 atom stereocenters. The van der Waals surface area contributed by atoms with E-state index in [1.54, 1.807) is 0 Å². The van der Waals surface area contributed by atoms with Crippen molar-refractivity contribution in [3.05, 3.63) is 41.4 Å². The standard InChI is InChI=1S/C12H9Cl2F2NO2/c1-7(11(18)19-2)10(12(14,15)16)17-9-5-3-8(13)4-6-9/h3-6H,1H2,2H3. The van der Waals surface area contributed by atoms with Crippen LogP contribution in [0.25, 0.3) is 0 Å². The normalized spacial score (nSPS) is 12.2. The number of rotatable bonds is 4. The Morgan fingerprint density at radius 2 is 1.89 bits per heavy atom. The van der Waals surface area contributed by atoms with Gasteiger partial charge in [-0.1, -0.05) is 18.2 Å². The summed E-state index contributed by atoms with van der Waals surface area (Å²) in [5.74, 6) is -1.03. The second kappa shape index (κ2) is 6.12. The summed E-state index contributed by atoms with van der Waals surface area (Å²) in [5, 5.41) is -3.42. The molecule has 0 unspecified atom stereocenters. The maximum atomic E-state index is 13.2. The van der Waals surface area contributed by atoms with E-state index in [1.807, 2.05) is 0 Å². The van der Waals surface area contributed by atoms with Crippen molar-refractivity contribution in [3.63, 3.8) is 0 Å². The zero-order valence-corrected chi connectivity index (χ0v) is 11.3. The van der Waals surface area contributed by atoms with E-state index >= 15 is 0 Å². The highest BCUT2D eigenvalue weighted by Gasteiger charge is 2.37. The smallest absolute Gasteiger partial charge is 0.365 e. The fourth-order valence-electron chi connectivity index (χ4n) is 1.17. The van der Waals surface area contributed by atoms with Crippen LogP contribution in [0.3, 0.4) is 0 Å². The molecule has 0 saturated carbocycles. The SMILES string of the molecule is C=C(C(=O)OC)C(=Nc1ccc(Cl)cc1)C(F)(F)Cl. The minimum Gasteiger partial charge on any atom is -0.465 e. The van der Waals surface area contributed by atoms with Gasteiger partial charge in [0.05, 0.1) is 18.4 Å². The molecule has 0 spiro atoms. The van der Waals surface area contributed by atoms with E-state index in [9.17, 15) is 13.6 Å². The molecule has 102 valence electrons. The summed E-state index contributed by atoms with van der Waals surface area (Å²) in [4.78, 5) is 14.8. The number of benzene rings is 1. The van der Waals surface area contributed by atoms with Crippen molar-refractivity contribution >= 4 is 40.6 Å². The molecule has 0 radical (unpaired) electrons. The van der Waals surface area contributed by atoms with Crippen molar-refractivity contribution in [2.75, 3.05) is 7.11 Å². The molecule has 3 nitrogen and oxygen atoms in total. The van der Waals surface area contributed by atoms with E-state index < -0.39 is 22.6 Å². The minimum atomic E-state index is -3.84. The van der Waals surface area contributed by atoms with Crippen molar-refractivity contribution < 1.29 is 18.3 Å². The Morgan fingerprint density at radius 1 is 1.37 bits per heavy atom. The van der Waals surface area contributed by atoms with E-state index in [0.29, 0.717) is 5.02 Å². The number of aliphatic imine (C=N–C) groups is 1. The highest BCUT2D eigenvalue weighted by atomic mass is 35.5. The van der Waals surface area contributed by atoms with Crippen LogP contribution in [0.4, 0.5) is 14.5 Å². The molecule has 0 fully saturated rings. The van der Waals surface area contributed by atoms with Gasteiger partial charge < -0.3 is 4.74 Å². The molecule has 0 aliphatic carbocycles. The third-order valence-corrected chi connectivity index (χ3v) is 2.48. The van der Waals surface area contributed by atoms with Gasteiger partial charge in [-0.15, -0.1) is 0 Å². The maximum absolute atomic E-state index is 13.2. The lowest BCUT2D eigenvalue weighted by Gasteiger charge is -2.12. The van der Waals surface area contributed by atoms with E-state index in [2.05, 4.69) is 16.3 Å². The molecule has 7 heteroatoms. The largest absolute Gasteiger partial charge is 0.465 e. The maximum Gasteiger partial charge on any atom is 0.365 e. The van der Waals surface area contributed by atoms with Gasteiger partial charge in [-0.2, -0.15) is 8.78 Å². The summed E-state index contributed by atoms with van der Waals surface area (Å²) in [6.07, 6.45) is 0. The number of ether oxygens (including phenoxy) is 1. The van der Waals surface area contributed by atoms with Gasteiger partial charge in [0, 0.05) is 5.02 Å². The van der Waals surface area contributed by atoms with Crippen molar-refractivity contribution in [2.45, 2.75) is 5.38 Å². The zero-order valence-electron chi connectivity index (χ0n) is 9.79. The number of alkyl halides is 3. The molecule has 0 amide bonds. The van der Waals surface area contributed by atoms with E-state index in [0.717, 1.165) is 7.11 Å². The number of esters is 1. The van der Waals surface area contributed by atoms with Crippen LogP contribution in [0.1, 0.15) is 0 Å². The van der Waals surface area contributed by atoms with E-state index in [1.165, 1.54) is 24.3 Å². The van der Waals surface area contributed by atoms with Gasteiger partial charge in [-0.25, -0.2) is 9.79 Å². The summed E-state index contributed by atoms with van der Waals surface area (Å²) in [7, 11) is 1.04. The second-order valence-electron chi connectivity index (χ2n) is 3.40. The number of halogens is 4. The van der Waals surface area contributed by atoms with Gasteiger partial charge in [0.15, 0.2) is 0 Å². The molecule has 1 aromatic carbocycles. The fraction of sp³-hybridized carbons (Fsp3) is 0.167. The van der Waals surface area contributed by atoms with Crippen molar-refractivity contribution in [3.8, 4) is 0 Å². The first-order valence-electron chi connectivity index (χ1n) is 4.94. The molecule has 0 bridgehead atoms. The Labute approximate surface area is 118 Å². The zero-order chi connectivity index (χ0) is 14.6. The Hall–Kier alpha value is -1.46. The molecule has 0 N–H and O–H groups in total. The molecule has 0 heterocycles. The summed E-state index contributed by atoms with van der Waals surface area (Å²) in [6, 6.07) is 5.72. The van der Waals surface area contributed by atoms with Crippen LogP contribution in [0.15, 0.2) is 41.4 Å². The van der Waals surface area contributed by atoms with Gasteiger partial charge in [0.2, 0.25) is 0 Å². The van der Waals surface area contributed by atoms with Crippen LogP contribution in [0, 0.1) is 0 Å². The van der Waals surface area contributed by atoms with Crippen LogP contribution in [-0.2, 0) is 9.53 Å². The van der Waals surface area contributed by atoms with Gasteiger partial charge >= 0.3 is 11.4 Å². The van der Waals surface area contributed by atoms with Crippen LogP contribution in [0.5, 0.6) is 0 Å². The lowest BCUT2D eigenvalue weighted by Crippen LogP contribution is -2.27. The monoisotopic (exact) mass is 307 g/mol. The number of methoxy groups -OCH3 is 1. The van der Waals surface area contributed by atoms with Gasteiger partial charge in [0.25, 0.3) is 0 Å². The summed E-state index contributed by atoms with van der Waals surface area (Å²) >= 11 is 10.6. The molecule has 19 heavy (non-hydrogen) atoms. The van der Waals surface area contributed by atoms with Crippen molar-refractivity contribution in [1.29, 1.82) is 0 Å². The first kappa shape index (κ1) is 15.6. The fourth-order valence-corrected chi connectivity index (χ4v) is 1.45. The average Bonchev–Trinajstić information content (AvgIpc) is 2.35. The summed E-state index contributed by atoms with van der Waals surface area (Å²) in [6.45, 7) is 3.21. The lowest BCUT2D eigenvalue weighted by molar-refractivity contribution is -0.135. The number of carbonyl (C=O) groups excluding carboxylic acids is 1. The Bertz CT molecular complexity index is 522. The molecule has 0 aliphatic heterocycles. The van der Waals surface area contributed by atoms with Crippen LogP contribution < -0.4 is 0 Å². The van der Waals surface area contributed by atoms with Gasteiger partial charge in [-0.05, 0) is 35.9 Å². The predicted molar refractivity (Wildman–Crippen MR) is 70.5 cm³/mol. The van der Waals surface area contributed by atoms with Gasteiger partial charge in [-0.3, -0.25) is 0 Å². The molecule has 0 aromatic heterocycles. The van der Waals surface area contributed by atoms with Crippen LogP contribution >= 0.6 is 23.2 Å². The predicted octanol–water partition coefficient (Wildman–Crippen LogP) is 3.97. The Balaban J connectivity index is 3.22. The lowest BCUT2D eigenvalue weighted by atomic mass is 10.2. The average molecular weight is 308 g/mol. The quantitative estimate of drug-likeness (QED) is 0.365. The van der Waals surface area contributed by atoms with E-state index in [4.69, 9.17) is 23.2 Å².